The van der Waals surface area contributed by atoms with Crippen LogP contribution in [0.2, 0.25) is 0 Å². The van der Waals surface area contributed by atoms with Crippen LogP contribution in [0, 0.1) is 24.7 Å². The Kier molecular flexibility index (Phi) is 12.1. The smallest absolute Gasteiger partial charge is 0.197 e. The zero-order valence-electron chi connectivity index (χ0n) is 44.3. The molecule has 0 amide bonds. The largest absolute Gasteiger partial charge is 0.355 e. The number of anilines is 4. The van der Waals surface area contributed by atoms with Gasteiger partial charge in [-0.15, -0.1) is 0 Å². The average molecular weight is 928 g/mol. The van der Waals surface area contributed by atoms with Gasteiger partial charge in [-0.3, -0.25) is 0 Å². The van der Waals surface area contributed by atoms with Crippen molar-refractivity contribution >= 4 is 47.0 Å². The molecule has 3 heteroatoms. The SMILES string of the molecule is C=C/C=C\C=Cc1ccc2c(c1)N(/C1=C/C(=C)C(C)(C)CCC(C)(C)C=C1C)c1cc(-c3ccccc3C)c(C)c(-c3ccc4c(c3Nc3ccc5c(c3)C(C)(C)CCC5(C)C)Cc3ccccc3-4)c1[B]2. The third-order valence-corrected chi connectivity index (χ3v) is 16.7. The second-order valence-electron chi connectivity index (χ2n) is 23.7. The summed E-state index contributed by atoms with van der Waals surface area (Å²) in [5.74, 6) is 0. The van der Waals surface area contributed by atoms with Crippen molar-refractivity contribution in [1.82, 2.24) is 0 Å². The number of nitrogens with one attached hydrogen (secondary N) is 1. The molecule has 0 saturated carbocycles. The number of fused-ring (bicyclic) bond motifs is 6. The van der Waals surface area contributed by atoms with Crippen LogP contribution in [0.5, 0.6) is 0 Å². The molecule has 0 spiro atoms. The third-order valence-electron chi connectivity index (χ3n) is 16.7. The minimum absolute atomic E-state index is 0.0182. The van der Waals surface area contributed by atoms with E-state index < -0.39 is 0 Å². The van der Waals surface area contributed by atoms with Gasteiger partial charge >= 0.3 is 0 Å². The first-order valence-electron chi connectivity index (χ1n) is 26.0. The van der Waals surface area contributed by atoms with Crippen LogP contribution in [-0.4, -0.2) is 7.28 Å². The zero-order chi connectivity index (χ0) is 50.2. The van der Waals surface area contributed by atoms with Crippen molar-refractivity contribution in [2.24, 2.45) is 10.8 Å². The molecule has 6 aromatic rings. The summed E-state index contributed by atoms with van der Waals surface area (Å²) in [5, 5.41) is 4.23. The van der Waals surface area contributed by atoms with Gasteiger partial charge in [0.2, 0.25) is 0 Å². The van der Waals surface area contributed by atoms with Gasteiger partial charge in [0, 0.05) is 34.7 Å². The number of hydrogen-bond acceptors (Lipinski definition) is 2. The van der Waals surface area contributed by atoms with Crippen molar-refractivity contribution in [3.63, 3.8) is 0 Å². The van der Waals surface area contributed by atoms with E-state index in [2.05, 4.69) is 228 Å². The number of aryl methyl sites for hydroxylation is 1. The molecule has 2 nitrogen and oxygen atoms in total. The van der Waals surface area contributed by atoms with E-state index >= 15 is 0 Å². The lowest BCUT2D eigenvalue weighted by molar-refractivity contribution is 0.322. The minimum atomic E-state index is -0.0917. The Morgan fingerprint density at radius 2 is 1.34 bits per heavy atom. The van der Waals surface area contributed by atoms with Gasteiger partial charge in [-0.2, -0.15) is 0 Å². The number of allylic oxidation sites excluding steroid dienone is 8. The molecular formula is C68H72BN2. The molecule has 0 atom stereocenters. The monoisotopic (exact) mass is 928 g/mol. The molecule has 1 radical (unpaired) electrons. The fourth-order valence-corrected chi connectivity index (χ4v) is 12.1. The van der Waals surface area contributed by atoms with Crippen molar-refractivity contribution in [3.05, 3.63) is 209 Å². The second-order valence-corrected chi connectivity index (χ2v) is 23.7. The van der Waals surface area contributed by atoms with E-state index in [1.165, 1.54) is 102 Å². The van der Waals surface area contributed by atoms with Crippen LogP contribution in [0.3, 0.4) is 0 Å². The first-order valence-corrected chi connectivity index (χ1v) is 26.0. The molecule has 3 aliphatic carbocycles. The molecule has 0 aromatic heterocycles. The molecule has 1 N–H and O–H groups in total. The summed E-state index contributed by atoms with van der Waals surface area (Å²) in [4.78, 5) is 2.59. The summed E-state index contributed by atoms with van der Waals surface area (Å²) < 4.78 is 0. The zero-order valence-corrected chi connectivity index (χ0v) is 44.3. The van der Waals surface area contributed by atoms with Crippen molar-refractivity contribution in [3.8, 4) is 33.4 Å². The molecule has 6 aromatic carbocycles. The highest BCUT2D eigenvalue weighted by molar-refractivity contribution is 6.73. The summed E-state index contributed by atoms with van der Waals surface area (Å²) in [6.07, 6.45) is 20.4. The number of hydrogen-bond donors (Lipinski definition) is 1. The first kappa shape index (κ1) is 48.1. The minimum Gasteiger partial charge on any atom is -0.355 e. The highest BCUT2D eigenvalue weighted by atomic mass is 15.2. The molecule has 4 aliphatic rings. The summed E-state index contributed by atoms with van der Waals surface area (Å²) in [6, 6.07) is 39.4. The van der Waals surface area contributed by atoms with Crippen LogP contribution < -0.4 is 21.1 Å². The van der Waals surface area contributed by atoms with E-state index in [-0.39, 0.29) is 21.7 Å². The predicted octanol–water partition coefficient (Wildman–Crippen LogP) is 17.4. The fraction of sp³-hybridized carbons (Fsp3) is 0.294. The van der Waals surface area contributed by atoms with Gasteiger partial charge in [0.1, 0.15) is 0 Å². The van der Waals surface area contributed by atoms with Gasteiger partial charge in [0.15, 0.2) is 7.28 Å². The summed E-state index contributed by atoms with van der Waals surface area (Å²) in [5.41, 5.74) is 27.6. The highest BCUT2D eigenvalue weighted by Gasteiger charge is 2.39. The first-order chi connectivity index (χ1) is 33.8. The van der Waals surface area contributed by atoms with Crippen LogP contribution in [0.25, 0.3) is 39.5 Å². The predicted molar refractivity (Wildman–Crippen MR) is 310 cm³/mol. The Balaban J connectivity index is 1.29. The standard InChI is InChI=1S/C68H72BN2/c1-14-15-16-17-23-47-27-32-58-60(38-47)71(59-37-45(4)66(8,9)34-33-65(6,7)42-44(59)3)61-41-54(50-25-20-18-22-43(50)2)46(5)62(63(61)69-58)53-30-29-52-51-26-21-19-24-48(51)39-55(52)64(53)70-49-28-31-56-57(40-49)68(12,13)36-35-67(56,10)11/h14-32,37-38,40-42,70H,1,4,33-36,39H2,2-3,5-13H3/b16-15-,23-17?,44-42?,59-37+. The van der Waals surface area contributed by atoms with E-state index in [0.717, 1.165) is 53.2 Å². The van der Waals surface area contributed by atoms with Crippen LogP contribution in [0.1, 0.15) is 127 Å². The van der Waals surface area contributed by atoms with Crippen LogP contribution >= 0.6 is 0 Å². The number of benzene rings is 6. The molecule has 0 saturated heterocycles. The van der Waals surface area contributed by atoms with Gasteiger partial charge in [-0.1, -0.05) is 189 Å². The Morgan fingerprint density at radius 3 is 2.10 bits per heavy atom. The van der Waals surface area contributed by atoms with Gasteiger partial charge in [-0.05, 0) is 182 Å². The molecule has 0 bridgehead atoms. The maximum Gasteiger partial charge on any atom is 0.197 e. The lowest BCUT2D eigenvalue weighted by Crippen LogP contribution is -2.43. The Morgan fingerprint density at radius 1 is 0.634 bits per heavy atom. The van der Waals surface area contributed by atoms with E-state index in [1.54, 1.807) is 0 Å². The lowest BCUT2D eigenvalue weighted by atomic mass is 9.57. The molecule has 357 valence electrons. The van der Waals surface area contributed by atoms with Crippen LogP contribution in [0.4, 0.5) is 22.7 Å². The fourth-order valence-electron chi connectivity index (χ4n) is 12.1. The van der Waals surface area contributed by atoms with Crippen molar-refractivity contribution < 1.29 is 0 Å². The maximum atomic E-state index is 4.85. The maximum absolute atomic E-state index is 4.85. The third kappa shape index (κ3) is 8.74. The van der Waals surface area contributed by atoms with Crippen molar-refractivity contribution in [2.75, 3.05) is 10.2 Å². The summed E-state index contributed by atoms with van der Waals surface area (Å²) in [6.45, 7) is 34.9. The van der Waals surface area contributed by atoms with Gasteiger partial charge in [0.05, 0.1) is 5.69 Å². The quantitative estimate of drug-likeness (QED) is 0.121. The Bertz CT molecular complexity index is 3300. The van der Waals surface area contributed by atoms with E-state index in [1.807, 2.05) is 18.2 Å². The normalized spacial score (nSPS) is 18.9. The van der Waals surface area contributed by atoms with E-state index in [9.17, 15) is 0 Å². The van der Waals surface area contributed by atoms with Crippen molar-refractivity contribution in [2.45, 2.75) is 119 Å². The molecule has 1 heterocycles. The van der Waals surface area contributed by atoms with Gasteiger partial charge < -0.3 is 10.2 Å². The molecular weight excluding hydrogens is 856 g/mol. The average Bonchev–Trinajstić information content (AvgIpc) is 3.72. The molecule has 71 heavy (non-hydrogen) atoms. The topological polar surface area (TPSA) is 15.3 Å². The molecule has 10 rings (SSSR count). The van der Waals surface area contributed by atoms with Gasteiger partial charge in [-0.25, -0.2) is 0 Å². The number of rotatable bonds is 8. The van der Waals surface area contributed by atoms with Crippen molar-refractivity contribution in [1.29, 1.82) is 0 Å². The van der Waals surface area contributed by atoms with E-state index in [4.69, 9.17) is 6.58 Å². The van der Waals surface area contributed by atoms with Gasteiger partial charge in [0.25, 0.3) is 0 Å². The Labute approximate surface area is 427 Å². The second kappa shape index (κ2) is 17.9. The van der Waals surface area contributed by atoms with E-state index in [0.29, 0.717) is 0 Å². The summed E-state index contributed by atoms with van der Waals surface area (Å²) in [7, 11) is 2.48. The lowest BCUT2D eigenvalue weighted by Gasteiger charge is -2.42. The highest BCUT2D eigenvalue weighted by Crippen LogP contribution is 2.51. The molecule has 0 unspecified atom stereocenters. The van der Waals surface area contributed by atoms with Crippen LogP contribution in [0.15, 0.2) is 170 Å². The molecule has 1 aliphatic heterocycles. The number of nitrogens with zero attached hydrogens (tertiary/aromatic N) is 1. The molecule has 0 fully saturated rings. The van der Waals surface area contributed by atoms with Crippen LogP contribution in [-0.2, 0) is 17.3 Å². The Hall–Kier alpha value is -6.58. The summed E-state index contributed by atoms with van der Waals surface area (Å²) >= 11 is 0.